The summed E-state index contributed by atoms with van der Waals surface area (Å²) in [5, 5.41) is 2.51. The van der Waals surface area contributed by atoms with Crippen molar-refractivity contribution in [3.63, 3.8) is 0 Å². The molecule has 4 aromatic rings. The third-order valence-corrected chi connectivity index (χ3v) is 10.2. The molecule has 2 aliphatic heterocycles. The molecule has 1 unspecified atom stereocenters. The van der Waals surface area contributed by atoms with Gasteiger partial charge in [0, 0.05) is 81.5 Å². The van der Waals surface area contributed by atoms with Gasteiger partial charge in [0.1, 0.15) is 5.56 Å². The molecule has 0 bridgehead atoms. The van der Waals surface area contributed by atoms with Crippen LogP contribution < -0.4 is 21.3 Å². The number of amides is 2. The Morgan fingerprint density at radius 1 is 1.02 bits per heavy atom. The van der Waals surface area contributed by atoms with Crippen molar-refractivity contribution in [1.29, 1.82) is 0 Å². The zero-order chi connectivity index (χ0) is 34.1. The fraction of sp³-hybridized carbons (Fsp3) is 0.361. The highest BCUT2D eigenvalue weighted by Gasteiger charge is 2.55. The smallest absolute Gasteiger partial charge is 0.330 e. The molecule has 1 atom stereocenters. The summed E-state index contributed by atoms with van der Waals surface area (Å²) in [5.41, 5.74) is 4.08. The summed E-state index contributed by atoms with van der Waals surface area (Å²) in [6, 6.07) is 12.7. The van der Waals surface area contributed by atoms with Crippen LogP contribution in [0.4, 0.5) is 10.1 Å². The third-order valence-electron chi connectivity index (χ3n) is 10.2. The van der Waals surface area contributed by atoms with Crippen LogP contribution in [0.1, 0.15) is 46.4 Å². The van der Waals surface area contributed by atoms with E-state index >= 15 is 4.39 Å². The number of fused-ring (bicyclic) bond motifs is 1. The van der Waals surface area contributed by atoms with Gasteiger partial charge in [-0.3, -0.25) is 23.9 Å². The van der Waals surface area contributed by atoms with Crippen LogP contribution in [0.2, 0.25) is 0 Å². The normalized spacial score (nSPS) is 17.9. The number of halogens is 1. The molecule has 11 nitrogen and oxygen atoms in total. The van der Waals surface area contributed by atoms with E-state index < -0.39 is 23.0 Å². The Hall–Kier alpha value is -5.10. The lowest BCUT2D eigenvalue weighted by molar-refractivity contribution is -0.161. The van der Waals surface area contributed by atoms with E-state index in [1.54, 1.807) is 26.2 Å². The van der Waals surface area contributed by atoms with Gasteiger partial charge in [0.2, 0.25) is 11.8 Å². The standard InChI is InChI=1S/C36H37FN6O5/c1-20-23(25-10-7-11-27(31(25)37)38-32(45)26-15-40(3)35(47)41(4)34(26)46)8-6-9-24(20)28-14-22-12-13-29(30(22)33(39-28)48-5)43-18-36(19-43)16-42(17-36)21(2)44/h6-11,14-15,29H,12-13,16-19H2,1-5H3,(H,38,45). The zero-order valence-electron chi connectivity index (χ0n) is 27.6. The molecule has 12 heteroatoms. The number of anilines is 1. The summed E-state index contributed by atoms with van der Waals surface area (Å²) in [4.78, 5) is 58.7. The van der Waals surface area contributed by atoms with Crippen LogP contribution in [0.3, 0.4) is 0 Å². The van der Waals surface area contributed by atoms with Gasteiger partial charge in [0.15, 0.2) is 5.82 Å². The van der Waals surface area contributed by atoms with Gasteiger partial charge in [-0.15, -0.1) is 0 Å². The van der Waals surface area contributed by atoms with Crippen molar-refractivity contribution >= 4 is 17.5 Å². The van der Waals surface area contributed by atoms with Crippen LogP contribution in [-0.4, -0.2) is 69.0 Å². The van der Waals surface area contributed by atoms with Crippen LogP contribution in [0.25, 0.3) is 22.4 Å². The van der Waals surface area contributed by atoms with Crippen molar-refractivity contribution in [2.75, 3.05) is 38.6 Å². The van der Waals surface area contributed by atoms with Crippen LogP contribution >= 0.6 is 0 Å². The molecule has 1 aliphatic carbocycles. The number of pyridine rings is 1. The summed E-state index contributed by atoms with van der Waals surface area (Å²) in [5.74, 6) is -0.744. The first-order valence-corrected chi connectivity index (χ1v) is 16.0. The minimum atomic E-state index is -0.820. The van der Waals surface area contributed by atoms with Crippen molar-refractivity contribution in [2.24, 2.45) is 19.5 Å². The lowest BCUT2D eigenvalue weighted by atomic mass is 9.72. The van der Waals surface area contributed by atoms with Crippen LogP contribution in [0, 0.1) is 18.2 Å². The van der Waals surface area contributed by atoms with E-state index in [1.165, 1.54) is 25.7 Å². The van der Waals surface area contributed by atoms with Crippen molar-refractivity contribution in [1.82, 2.24) is 23.9 Å². The van der Waals surface area contributed by atoms with Crippen LogP contribution in [0.15, 0.2) is 58.3 Å². The third kappa shape index (κ3) is 5.02. The summed E-state index contributed by atoms with van der Waals surface area (Å²) in [6.07, 6.45) is 3.01. The summed E-state index contributed by atoms with van der Waals surface area (Å²) < 4.78 is 23.9. The fourth-order valence-corrected chi connectivity index (χ4v) is 7.66. The van der Waals surface area contributed by atoms with Crippen molar-refractivity contribution in [3.8, 4) is 28.3 Å². The molecule has 48 heavy (non-hydrogen) atoms. The van der Waals surface area contributed by atoms with Gasteiger partial charge in [-0.05, 0) is 48.6 Å². The number of benzene rings is 2. The number of nitrogens with zero attached hydrogens (tertiary/aromatic N) is 5. The molecule has 1 N–H and O–H groups in total. The van der Waals surface area contributed by atoms with Gasteiger partial charge in [-0.1, -0.05) is 30.3 Å². The number of likely N-dealkylation sites (tertiary alicyclic amines) is 2. The quantitative estimate of drug-likeness (QED) is 0.338. The number of rotatable bonds is 6. The number of methoxy groups -OCH3 is 1. The SMILES string of the molecule is COc1nc(-c2cccc(-c3cccc(NC(=O)c4cn(C)c(=O)n(C)c4=O)c3F)c2C)cc2c1C(N1CC3(CN(C(C)=O)C3)C1)CC2. The highest BCUT2D eigenvalue weighted by molar-refractivity contribution is 6.04. The van der Waals surface area contributed by atoms with E-state index in [4.69, 9.17) is 9.72 Å². The molecule has 4 heterocycles. The van der Waals surface area contributed by atoms with Crippen LogP contribution in [0.5, 0.6) is 5.88 Å². The number of carbonyl (C=O) groups excluding carboxylic acids is 2. The van der Waals surface area contributed by atoms with Gasteiger partial charge < -0.3 is 19.5 Å². The molecule has 3 aliphatic rings. The van der Waals surface area contributed by atoms with Crippen molar-refractivity contribution in [3.05, 3.63) is 97.6 Å². The maximum atomic E-state index is 16.1. The molecular weight excluding hydrogens is 615 g/mol. The van der Waals surface area contributed by atoms with Gasteiger partial charge in [-0.25, -0.2) is 14.2 Å². The Bertz CT molecular complexity index is 2120. The maximum absolute atomic E-state index is 16.1. The first kappa shape index (κ1) is 31.5. The van der Waals surface area contributed by atoms with Gasteiger partial charge >= 0.3 is 5.69 Å². The number of aryl methyl sites for hydroxylation is 2. The molecule has 2 amide bonds. The van der Waals surface area contributed by atoms with Crippen LogP contribution in [-0.2, 0) is 25.3 Å². The van der Waals surface area contributed by atoms with E-state index in [-0.39, 0.29) is 34.2 Å². The minimum Gasteiger partial charge on any atom is -0.481 e. The highest BCUT2D eigenvalue weighted by atomic mass is 19.1. The molecule has 248 valence electrons. The molecule has 2 aromatic carbocycles. The second kappa shape index (κ2) is 11.6. The Morgan fingerprint density at radius 3 is 2.42 bits per heavy atom. The molecule has 2 fully saturated rings. The predicted octanol–water partition coefficient (Wildman–Crippen LogP) is 3.67. The first-order chi connectivity index (χ1) is 22.9. The summed E-state index contributed by atoms with van der Waals surface area (Å²) in [7, 11) is 4.35. The summed E-state index contributed by atoms with van der Waals surface area (Å²) in [6.45, 7) is 7.11. The second-order valence-electron chi connectivity index (χ2n) is 13.3. The topological polar surface area (TPSA) is 119 Å². The summed E-state index contributed by atoms with van der Waals surface area (Å²) >= 11 is 0. The molecule has 2 saturated heterocycles. The average Bonchev–Trinajstić information content (AvgIpc) is 3.45. The van der Waals surface area contributed by atoms with E-state index in [2.05, 4.69) is 16.3 Å². The minimum absolute atomic E-state index is 0.0924. The fourth-order valence-electron chi connectivity index (χ4n) is 7.66. The first-order valence-electron chi connectivity index (χ1n) is 16.0. The van der Waals surface area contributed by atoms with E-state index in [9.17, 15) is 19.2 Å². The molecule has 1 spiro atoms. The van der Waals surface area contributed by atoms with Crippen molar-refractivity contribution < 1.29 is 18.7 Å². The highest BCUT2D eigenvalue weighted by Crippen LogP contribution is 2.50. The van der Waals surface area contributed by atoms with Gasteiger partial charge in [0.05, 0.1) is 18.5 Å². The number of carbonyl (C=O) groups is 2. The van der Waals surface area contributed by atoms with E-state index in [1.807, 2.05) is 30.0 Å². The molecular formula is C36H37FN6O5. The largest absolute Gasteiger partial charge is 0.481 e. The lowest BCUT2D eigenvalue weighted by Crippen LogP contribution is -2.72. The van der Waals surface area contributed by atoms with E-state index in [0.717, 1.165) is 76.7 Å². The molecule has 7 rings (SSSR count). The number of hydrogen-bond donors (Lipinski definition) is 1. The number of ether oxygens (including phenoxy) is 1. The Morgan fingerprint density at radius 2 is 1.71 bits per heavy atom. The van der Waals surface area contributed by atoms with Gasteiger partial charge in [-0.2, -0.15) is 0 Å². The number of nitrogens with one attached hydrogen (secondary N) is 1. The lowest BCUT2D eigenvalue weighted by Gasteiger charge is -2.61. The Labute approximate surface area is 276 Å². The number of hydrogen-bond acceptors (Lipinski definition) is 7. The van der Waals surface area contributed by atoms with E-state index in [0.29, 0.717) is 11.4 Å². The maximum Gasteiger partial charge on any atom is 0.330 e. The molecule has 2 aromatic heterocycles. The monoisotopic (exact) mass is 652 g/mol. The predicted molar refractivity (Wildman–Crippen MR) is 179 cm³/mol. The second-order valence-corrected chi connectivity index (χ2v) is 13.3. The Balaban J connectivity index is 1.16. The zero-order valence-corrected chi connectivity index (χ0v) is 27.6. The molecule has 0 radical (unpaired) electrons. The molecule has 0 saturated carbocycles. The number of aromatic nitrogens is 3. The van der Waals surface area contributed by atoms with Crippen molar-refractivity contribution in [2.45, 2.75) is 32.7 Å². The van der Waals surface area contributed by atoms with Gasteiger partial charge in [0.25, 0.3) is 11.5 Å². The Kier molecular flexibility index (Phi) is 7.58. The average molecular weight is 653 g/mol.